The third-order valence-electron chi connectivity index (χ3n) is 3.01. The van der Waals surface area contributed by atoms with E-state index in [1.54, 1.807) is 0 Å². The normalized spacial score (nSPS) is 22.2. The Kier molecular flexibility index (Phi) is 3.14. The summed E-state index contributed by atoms with van der Waals surface area (Å²) in [6.07, 6.45) is 8.95. The van der Waals surface area contributed by atoms with Crippen LogP contribution in [0.3, 0.4) is 0 Å². The molecule has 2 rings (SSSR count). The number of nitrogens with zero attached hydrogens (tertiary/aromatic N) is 1. The van der Waals surface area contributed by atoms with Crippen LogP contribution in [0.15, 0.2) is 18.5 Å². The molecule has 1 N–H and O–H groups in total. The lowest BCUT2D eigenvalue weighted by Gasteiger charge is -2.25. The first-order valence-corrected chi connectivity index (χ1v) is 5.58. The zero-order valence-corrected chi connectivity index (χ0v) is 8.79. The number of aromatic nitrogens is 1. The van der Waals surface area contributed by atoms with Crippen molar-refractivity contribution in [3.05, 3.63) is 29.6 Å². The Labute approximate surface area is 85.7 Å². The first-order valence-electron chi connectivity index (χ1n) is 5.58. The van der Waals surface area contributed by atoms with Gasteiger partial charge in [-0.2, -0.15) is 0 Å². The van der Waals surface area contributed by atoms with Gasteiger partial charge in [-0.3, -0.25) is 4.98 Å². The maximum Gasteiger partial charge on any atom is 0.0338 e. The molecule has 76 valence electrons. The molecule has 1 atom stereocenters. The largest absolute Gasteiger partial charge is 0.310 e. The minimum atomic E-state index is 0.549. The Morgan fingerprint density at radius 2 is 2.43 bits per heavy atom. The third-order valence-corrected chi connectivity index (χ3v) is 3.01. The summed E-state index contributed by atoms with van der Waals surface area (Å²) in [5.74, 6) is 0. The number of nitrogens with one attached hydrogen (secondary N) is 1. The van der Waals surface area contributed by atoms with Crippen LogP contribution < -0.4 is 5.32 Å². The molecule has 1 fully saturated rings. The summed E-state index contributed by atoms with van der Waals surface area (Å²) in [4.78, 5) is 4.23. The van der Waals surface area contributed by atoms with Crippen molar-refractivity contribution in [2.45, 2.75) is 38.6 Å². The van der Waals surface area contributed by atoms with E-state index in [2.05, 4.69) is 23.3 Å². The van der Waals surface area contributed by atoms with Crippen LogP contribution in [0, 0.1) is 0 Å². The summed E-state index contributed by atoms with van der Waals surface area (Å²) in [6, 6.07) is 2.69. The van der Waals surface area contributed by atoms with Gasteiger partial charge in [-0.05, 0) is 43.0 Å². The quantitative estimate of drug-likeness (QED) is 0.775. The standard InChI is InChI=1S/C12H18N2/c1-2-10-6-8-13-9-11(10)12-5-3-4-7-14-12/h6,8-9,12,14H,2-5,7H2,1H3/t12-/m0/s1. The van der Waals surface area contributed by atoms with Crippen LogP contribution in [0.1, 0.15) is 43.4 Å². The van der Waals surface area contributed by atoms with Crippen LogP contribution >= 0.6 is 0 Å². The minimum Gasteiger partial charge on any atom is -0.310 e. The van der Waals surface area contributed by atoms with E-state index >= 15 is 0 Å². The van der Waals surface area contributed by atoms with Crippen molar-refractivity contribution in [1.82, 2.24) is 10.3 Å². The molecule has 0 spiro atoms. The van der Waals surface area contributed by atoms with Crippen molar-refractivity contribution in [3.63, 3.8) is 0 Å². The van der Waals surface area contributed by atoms with Gasteiger partial charge in [0, 0.05) is 18.4 Å². The van der Waals surface area contributed by atoms with E-state index in [1.807, 2.05) is 12.4 Å². The van der Waals surface area contributed by atoms with Crippen LogP contribution in [0.2, 0.25) is 0 Å². The van der Waals surface area contributed by atoms with E-state index in [0.29, 0.717) is 6.04 Å². The smallest absolute Gasteiger partial charge is 0.0338 e. The van der Waals surface area contributed by atoms with E-state index in [1.165, 1.54) is 30.4 Å². The number of rotatable bonds is 2. The van der Waals surface area contributed by atoms with Crippen LogP contribution in [-0.4, -0.2) is 11.5 Å². The fourth-order valence-corrected chi connectivity index (χ4v) is 2.19. The number of piperidine rings is 1. The predicted octanol–water partition coefficient (Wildman–Crippen LogP) is 2.46. The Balaban J connectivity index is 2.20. The molecule has 0 saturated carbocycles. The Hall–Kier alpha value is -0.890. The van der Waals surface area contributed by atoms with E-state index in [9.17, 15) is 0 Å². The molecule has 1 aromatic rings. The number of hydrogen-bond donors (Lipinski definition) is 1. The molecule has 2 heterocycles. The van der Waals surface area contributed by atoms with Gasteiger partial charge in [-0.25, -0.2) is 0 Å². The average Bonchev–Trinajstić information content (AvgIpc) is 2.30. The molecular formula is C12H18N2. The van der Waals surface area contributed by atoms with Gasteiger partial charge < -0.3 is 5.32 Å². The molecule has 1 saturated heterocycles. The lowest BCUT2D eigenvalue weighted by atomic mass is 9.94. The van der Waals surface area contributed by atoms with Crippen molar-refractivity contribution in [3.8, 4) is 0 Å². The van der Waals surface area contributed by atoms with Crippen LogP contribution in [0.5, 0.6) is 0 Å². The fraction of sp³-hybridized carbons (Fsp3) is 0.583. The molecule has 0 aromatic carbocycles. The fourth-order valence-electron chi connectivity index (χ4n) is 2.19. The van der Waals surface area contributed by atoms with E-state index in [4.69, 9.17) is 0 Å². The van der Waals surface area contributed by atoms with Crippen LogP contribution in [0.25, 0.3) is 0 Å². The number of hydrogen-bond acceptors (Lipinski definition) is 2. The van der Waals surface area contributed by atoms with Gasteiger partial charge in [0.15, 0.2) is 0 Å². The highest BCUT2D eigenvalue weighted by Crippen LogP contribution is 2.25. The summed E-state index contributed by atoms with van der Waals surface area (Å²) < 4.78 is 0. The average molecular weight is 190 g/mol. The SMILES string of the molecule is CCc1ccncc1[C@@H]1CCCCN1. The molecular weight excluding hydrogens is 172 g/mol. The van der Waals surface area contributed by atoms with Gasteiger partial charge in [0.2, 0.25) is 0 Å². The molecule has 0 bridgehead atoms. The zero-order chi connectivity index (χ0) is 9.80. The van der Waals surface area contributed by atoms with Crippen molar-refractivity contribution < 1.29 is 0 Å². The van der Waals surface area contributed by atoms with Gasteiger partial charge in [0.05, 0.1) is 0 Å². The number of aryl methyl sites for hydroxylation is 1. The third kappa shape index (κ3) is 1.95. The van der Waals surface area contributed by atoms with Gasteiger partial charge in [0.25, 0.3) is 0 Å². The van der Waals surface area contributed by atoms with Crippen molar-refractivity contribution in [1.29, 1.82) is 0 Å². The summed E-state index contributed by atoms with van der Waals surface area (Å²) in [5, 5.41) is 3.57. The van der Waals surface area contributed by atoms with Crippen LogP contribution in [0.4, 0.5) is 0 Å². The summed E-state index contributed by atoms with van der Waals surface area (Å²) >= 11 is 0. The highest BCUT2D eigenvalue weighted by molar-refractivity contribution is 5.26. The second-order valence-corrected chi connectivity index (χ2v) is 3.93. The molecule has 0 radical (unpaired) electrons. The predicted molar refractivity (Wildman–Crippen MR) is 58.2 cm³/mol. The second kappa shape index (κ2) is 4.56. The molecule has 1 aliphatic rings. The highest BCUT2D eigenvalue weighted by Gasteiger charge is 2.16. The van der Waals surface area contributed by atoms with Crippen molar-refractivity contribution in [2.24, 2.45) is 0 Å². The summed E-state index contributed by atoms with van der Waals surface area (Å²) in [5.41, 5.74) is 2.86. The van der Waals surface area contributed by atoms with Gasteiger partial charge in [0.1, 0.15) is 0 Å². The topological polar surface area (TPSA) is 24.9 Å². The van der Waals surface area contributed by atoms with E-state index in [-0.39, 0.29) is 0 Å². The van der Waals surface area contributed by atoms with Gasteiger partial charge >= 0.3 is 0 Å². The molecule has 1 aromatic heterocycles. The van der Waals surface area contributed by atoms with Gasteiger partial charge in [-0.15, -0.1) is 0 Å². The highest BCUT2D eigenvalue weighted by atomic mass is 14.9. The molecule has 0 aliphatic carbocycles. The zero-order valence-electron chi connectivity index (χ0n) is 8.79. The lowest BCUT2D eigenvalue weighted by molar-refractivity contribution is 0.409. The first kappa shape index (κ1) is 9.66. The summed E-state index contributed by atoms with van der Waals surface area (Å²) in [7, 11) is 0. The van der Waals surface area contributed by atoms with Crippen molar-refractivity contribution >= 4 is 0 Å². The van der Waals surface area contributed by atoms with Crippen LogP contribution in [-0.2, 0) is 6.42 Å². The maximum absolute atomic E-state index is 4.23. The molecule has 2 heteroatoms. The van der Waals surface area contributed by atoms with E-state index in [0.717, 1.165) is 13.0 Å². The maximum atomic E-state index is 4.23. The molecule has 14 heavy (non-hydrogen) atoms. The molecule has 0 unspecified atom stereocenters. The minimum absolute atomic E-state index is 0.549. The Bertz CT molecular complexity index is 290. The molecule has 2 nitrogen and oxygen atoms in total. The van der Waals surface area contributed by atoms with E-state index < -0.39 is 0 Å². The Morgan fingerprint density at radius 1 is 1.50 bits per heavy atom. The summed E-state index contributed by atoms with van der Waals surface area (Å²) in [6.45, 7) is 3.37. The Morgan fingerprint density at radius 3 is 3.14 bits per heavy atom. The molecule has 0 amide bonds. The monoisotopic (exact) mass is 190 g/mol. The van der Waals surface area contributed by atoms with Gasteiger partial charge in [-0.1, -0.05) is 13.3 Å². The second-order valence-electron chi connectivity index (χ2n) is 3.93. The molecule has 1 aliphatic heterocycles. The lowest BCUT2D eigenvalue weighted by Crippen LogP contribution is -2.27. The first-order chi connectivity index (χ1) is 6.92. The number of pyridine rings is 1. The van der Waals surface area contributed by atoms with Crippen molar-refractivity contribution in [2.75, 3.05) is 6.54 Å².